The second-order valence-corrected chi connectivity index (χ2v) is 14.6. The lowest BCUT2D eigenvalue weighted by molar-refractivity contribution is 0.285. The zero-order valence-corrected chi connectivity index (χ0v) is 21.1. The van der Waals surface area contributed by atoms with E-state index >= 15 is 0 Å². The highest BCUT2D eigenvalue weighted by molar-refractivity contribution is 7.84. The van der Waals surface area contributed by atoms with E-state index in [9.17, 15) is 4.21 Å². The molecule has 0 aromatic carbocycles. The molecule has 2 aliphatic heterocycles. The van der Waals surface area contributed by atoms with Crippen molar-refractivity contribution in [3.8, 4) is 0 Å². The van der Waals surface area contributed by atoms with Gasteiger partial charge in [0.15, 0.2) is 0 Å². The van der Waals surface area contributed by atoms with Crippen LogP contribution in [0.4, 0.5) is 0 Å². The summed E-state index contributed by atoms with van der Waals surface area (Å²) in [5, 5.41) is 0. The minimum absolute atomic E-state index is 0.0315. The Balaban J connectivity index is 2.55. The van der Waals surface area contributed by atoms with Crippen molar-refractivity contribution in [3.63, 3.8) is 0 Å². The monoisotopic (exact) mass is 409 g/mol. The summed E-state index contributed by atoms with van der Waals surface area (Å²) < 4.78 is 15.9. The second-order valence-electron chi connectivity index (χ2n) is 12.6. The Bertz CT molecular complexity index is 693. The van der Waals surface area contributed by atoms with Gasteiger partial charge in [-0.3, -0.25) is 4.99 Å². The lowest BCUT2D eigenvalue weighted by Crippen LogP contribution is -2.48. The van der Waals surface area contributed by atoms with Gasteiger partial charge in [0.25, 0.3) is 0 Å². The number of rotatable bonds is 2. The van der Waals surface area contributed by atoms with Crippen LogP contribution in [0.5, 0.6) is 0 Å². The normalized spacial score (nSPS) is 25.7. The molecule has 0 radical (unpaired) electrons. The van der Waals surface area contributed by atoms with Crippen molar-refractivity contribution in [2.24, 2.45) is 21.2 Å². The largest absolute Gasteiger partial charge is 0.332 e. The van der Waals surface area contributed by atoms with Crippen LogP contribution in [0, 0.1) is 16.2 Å². The first-order chi connectivity index (χ1) is 12.3. The maximum atomic E-state index is 12.7. The Morgan fingerprint density at radius 1 is 0.929 bits per heavy atom. The highest BCUT2D eigenvalue weighted by Crippen LogP contribution is 2.47. The molecule has 2 heterocycles. The molecule has 2 rings (SSSR count). The molecule has 4 nitrogen and oxygen atoms in total. The van der Waals surface area contributed by atoms with Crippen molar-refractivity contribution in [2.45, 2.75) is 106 Å². The molecule has 3 atom stereocenters. The Labute approximate surface area is 176 Å². The van der Waals surface area contributed by atoms with E-state index in [-0.39, 0.29) is 33.1 Å². The van der Waals surface area contributed by atoms with Crippen LogP contribution in [0.15, 0.2) is 16.3 Å². The van der Waals surface area contributed by atoms with Gasteiger partial charge in [-0.15, -0.1) is 0 Å². The molecule has 0 spiro atoms. The smallest absolute Gasteiger partial charge is 0.109 e. The van der Waals surface area contributed by atoms with E-state index in [0.29, 0.717) is 0 Å². The average Bonchev–Trinajstić information content (AvgIpc) is 2.83. The Morgan fingerprint density at radius 2 is 1.46 bits per heavy atom. The van der Waals surface area contributed by atoms with E-state index in [2.05, 4.69) is 71.9 Å². The molecule has 162 valence electrons. The quantitative estimate of drug-likeness (QED) is 0.674. The van der Waals surface area contributed by atoms with Crippen molar-refractivity contribution in [1.29, 1.82) is 0 Å². The number of aliphatic imine (C=N–C) groups is 1. The molecule has 5 heteroatoms. The molecule has 0 aliphatic carbocycles. The zero-order chi connectivity index (χ0) is 21.9. The van der Waals surface area contributed by atoms with E-state index in [0.717, 1.165) is 13.0 Å². The first-order valence-electron chi connectivity index (χ1n) is 10.6. The van der Waals surface area contributed by atoms with Crippen LogP contribution in [0.25, 0.3) is 0 Å². The van der Waals surface area contributed by atoms with Crippen molar-refractivity contribution in [3.05, 3.63) is 11.3 Å². The molecule has 0 amide bonds. The molecule has 28 heavy (non-hydrogen) atoms. The number of hydrogen-bond donors (Lipinski definition) is 1. The molecular formula is C23H43N3OS. The fourth-order valence-corrected chi connectivity index (χ4v) is 4.91. The topological polar surface area (TPSA) is 44.7 Å². The predicted molar refractivity (Wildman–Crippen MR) is 123 cm³/mol. The summed E-state index contributed by atoms with van der Waals surface area (Å²) in [5.74, 6) is 1.17. The van der Waals surface area contributed by atoms with Crippen LogP contribution in [0.1, 0.15) is 89.5 Å². The molecule has 0 aromatic rings. The van der Waals surface area contributed by atoms with Gasteiger partial charge in [0.05, 0.1) is 21.8 Å². The number of nitrogens with one attached hydrogen (secondary N) is 1. The Morgan fingerprint density at radius 3 is 1.86 bits per heavy atom. The maximum absolute atomic E-state index is 12.7. The summed E-state index contributed by atoms with van der Waals surface area (Å²) in [6.07, 6.45) is 0.913. The molecule has 0 saturated carbocycles. The van der Waals surface area contributed by atoms with Crippen molar-refractivity contribution in [2.75, 3.05) is 6.54 Å². The van der Waals surface area contributed by atoms with Gasteiger partial charge >= 0.3 is 0 Å². The summed E-state index contributed by atoms with van der Waals surface area (Å²) in [6.45, 7) is 27.4. The van der Waals surface area contributed by atoms with E-state index in [1.54, 1.807) is 0 Å². The van der Waals surface area contributed by atoms with Crippen molar-refractivity contribution in [1.82, 2.24) is 9.62 Å². The van der Waals surface area contributed by atoms with Gasteiger partial charge in [0, 0.05) is 30.1 Å². The Hall–Kier alpha value is -0.680. The lowest BCUT2D eigenvalue weighted by Gasteiger charge is -2.45. The predicted octanol–water partition coefficient (Wildman–Crippen LogP) is 5.29. The summed E-state index contributed by atoms with van der Waals surface area (Å²) in [6, 6.07) is 0.346. The number of hydrogen-bond acceptors (Lipinski definition) is 3. The fourth-order valence-electron chi connectivity index (χ4n) is 4.10. The van der Waals surface area contributed by atoms with E-state index in [4.69, 9.17) is 4.99 Å². The van der Waals surface area contributed by atoms with Gasteiger partial charge < -0.3 is 4.90 Å². The number of amidine groups is 1. The summed E-state index contributed by atoms with van der Waals surface area (Å²) in [4.78, 5) is 7.79. The minimum Gasteiger partial charge on any atom is -0.332 e. The third kappa shape index (κ3) is 4.89. The average molecular weight is 410 g/mol. The number of nitrogens with zero attached hydrogens (tertiary/aromatic N) is 2. The van der Waals surface area contributed by atoms with E-state index < -0.39 is 11.0 Å². The molecular weight excluding hydrogens is 366 g/mol. The molecule has 0 bridgehead atoms. The van der Waals surface area contributed by atoms with Gasteiger partial charge in [-0.2, -0.15) is 0 Å². The van der Waals surface area contributed by atoms with Crippen LogP contribution in [0.2, 0.25) is 0 Å². The third-order valence-electron chi connectivity index (χ3n) is 5.39. The SMILES string of the molecule is CC(C)(C)C1=NC(C(C)(C)C)C(C(C)(C)C)=C2CC(NS(=O)C(C)(C)C)CN12. The van der Waals surface area contributed by atoms with Crippen LogP contribution in [0.3, 0.4) is 0 Å². The van der Waals surface area contributed by atoms with Gasteiger partial charge in [-0.05, 0) is 37.2 Å². The third-order valence-corrected chi connectivity index (χ3v) is 7.05. The van der Waals surface area contributed by atoms with Crippen LogP contribution in [-0.2, 0) is 11.0 Å². The Kier molecular flexibility index (Phi) is 6.09. The lowest BCUT2D eigenvalue weighted by atomic mass is 9.70. The second kappa shape index (κ2) is 7.23. The first kappa shape index (κ1) is 23.6. The molecule has 1 fully saturated rings. The van der Waals surface area contributed by atoms with E-state index in [1.165, 1.54) is 17.1 Å². The molecule has 2 aliphatic rings. The maximum Gasteiger partial charge on any atom is 0.109 e. The zero-order valence-electron chi connectivity index (χ0n) is 20.3. The van der Waals surface area contributed by atoms with Crippen LogP contribution in [-0.4, -0.2) is 38.3 Å². The van der Waals surface area contributed by atoms with E-state index in [1.807, 2.05) is 20.8 Å². The van der Waals surface area contributed by atoms with Crippen molar-refractivity contribution < 1.29 is 4.21 Å². The van der Waals surface area contributed by atoms with Gasteiger partial charge in [-0.25, -0.2) is 8.93 Å². The molecule has 3 unspecified atom stereocenters. The first-order valence-corrected chi connectivity index (χ1v) is 11.8. The van der Waals surface area contributed by atoms with Gasteiger partial charge in [0.1, 0.15) is 5.84 Å². The van der Waals surface area contributed by atoms with Crippen LogP contribution < -0.4 is 4.72 Å². The number of fused-ring (bicyclic) bond motifs is 1. The van der Waals surface area contributed by atoms with Gasteiger partial charge in [0.2, 0.25) is 0 Å². The molecule has 0 aromatic heterocycles. The van der Waals surface area contributed by atoms with Crippen LogP contribution >= 0.6 is 0 Å². The van der Waals surface area contributed by atoms with Gasteiger partial charge in [-0.1, -0.05) is 62.3 Å². The minimum atomic E-state index is -1.07. The molecule has 1 N–H and O–H groups in total. The highest BCUT2D eigenvalue weighted by Gasteiger charge is 2.46. The standard InChI is InChI=1S/C23H43N3OS/c1-20(2,3)17-16-13-15(25-28(27)23(10,11)12)14-26(16)19(22(7,8)9)24-18(17)21(4,5)6/h15,18,25H,13-14H2,1-12H3. The van der Waals surface area contributed by atoms with Crippen molar-refractivity contribution >= 4 is 16.8 Å². The summed E-state index contributed by atoms with van der Waals surface area (Å²) >= 11 is 0. The summed E-state index contributed by atoms with van der Waals surface area (Å²) in [5.41, 5.74) is 2.90. The highest BCUT2D eigenvalue weighted by atomic mass is 32.2. The summed E-state index contributed by atoms with van der Waals surface area (Å²) in [7, 11) is -1.07. The fraction of sp³-hybridized carbons (Fsp3) is 0.870. The molecule has 1 saturated heterocycles.